The molecule has 5 heteroatoms. The summed E-state index contributed by atoms with van der Waals surface area (Å²) in [5.41, 5.74) is 3.06. The second-order valence-electron chi connectivity index (χ2n) is 8.47. The molecule has 0 saturated heterocycles. The minimum Gasteiger partial charge on any atom is -0.491 e. The molecule has 4 aromatic rings. The Kier molecular flexibility index (Phi) is 8.50. The van der Waals surface area contributed by atoms with E-state index in [4.69, 9.17) is 9.47 Å². The highest BCUT2D eigenvalue weighted by Crippen LogP contribution is 2.42. The highest BCUT2D eigenvalue weighted by Gasteiger charge is 2.38. The Morgan fingerprint density at radius 3 is 2.03 bits per heavy atom. The molecule has 5 nitrogen and oxygen atoms in total. The molecule has 0 bridgehead atoms. The fraction of sp³-hybridized carbons (Fsp3) is 0.194. The maximum atomic E-state index is 11.5. The zero-order chi connectivity index (χ0) is 25.2. The number of aromatic carboxylic acids is 1. The summed E-state index contributed by atoms with van der Waals surface area (Å²) in [4.78, 5) is 11.5. The van der Waals surface area contributed by atoms with E-state index in [0.717, 1.165) is 29.5 Å². The fourth-order valence-corrected chi connectivity index (χ4v) is 4.38. The van der Waals surface area contributed by atoms with Crippen LogP contribution in [0.5, 0.6) is 5.75 Å². The largest absolute Gasteiger partial charge is 0.491 e. The van der Waals surface area contributed by atoms with Crippen LogP contribution < -0.4 is 4.74 Å². The Morgan fingerprint density at radius 2 is 1.36 bits per heavy atom. The Morgan fingerprint density at radius 1 is 0.722 bits per heavy atom. The van der Waals surface area contributed by atoms with E-state index < -0.39 is 11.6 Å². The molecule has 0 spiro atoms. The second kappa shape index (κ2) is 12.2. The van der Waals surface area contributed by atoms with E-state index in [1.807, 2.05) is 84.9 Å². The molecule has 184 valence electrons. The molecule has 0 aliphatic rings. The lowest BCUT2D eigenvalue weighted by atomic mass is 9.79. The first-order chi connectivity index (χ1) is 17.6. The average molecular weight is 483 g/mol. The van der Waals surface area contributed by atoms with Gasteiger partial charge >= 0.3 is 5.97 Å². The molecule has 4 rings (SSSR count). The van der Waals surface area contributed by atoms with E-state index >= 15 is 0 Å². The van der Waals surface area contributed by atoms with Crippen molar-refractivity contribution < 1.29 is 24.5 Å². The standard InChI is InChI=1S/C31H30O5/c32-20-22-35-29-15-7-14-28(23-29)31(26-12-5-2-6-13-26,27-18-16-25(17-19-27)30(33)34)36-21-8-11-24-9-3-1-4-10-24/h1-7,9-10,12-19,23,32H,8,11,20-22H2,(H,33,34). The third-order valence-corrected chi connectivity index (χ3v) is 6.09. The van der Waals surface area contributed by atoms with Crippen molar-refractivity contribution in [1.82, 2.24) is 0 Å². The van der Waals surface area contributed by atoms with Gasteiger partial charge in [-0.1, -0.05) is 84.9 Å². The molecule has 0 aliphatic carbocycles. The summed E-state index contributed by atoms with van der Waals surface area (Å²) in [6.07, 6.45) is 1.69. The van der Waals surface area contributed by atoms with Crippen molar-refractivity contribution in [3.8, 4) is 5.75 Å². The summed E-state index contributed by atoms with van der Waals surface area (Å²) in [6, 6.07) is 34.7. The van der Waals surface area contributed by atoms with Gasteiger partial charge in [0.2, 0.25) is 0 Å². The topological polar surface area (TPSA) is 76.0 Å². The molecule has 0 amide bonds. The number of aliphatic hydroxyl groups excluding tert-OH is 1. The molecule has 4 aromatic carbocycles. The van der Waals surface area contributed by atoms with Crippen molar-refractivity contribution in [1.29, 1.82) is 0 Å². The van der Waals surface area contributed by atoms with Crippen LogP contribution in [0.15, 0.2) is 109 Å². The fourth-order valence-electron chi connectivity index (χ4n) is 4.38. The van der Waals surface area contributed by atoms with E-state index in [9.17, 15) is 15.0 Å². The molecule has 1 atom stereocenters. The van der Waals surface area contributed by atoms with Gasteiger partial charge in [0.25, 0.3) is 0 Å². The maximum absolute atomic E-state index is 11.5. The van der Waals surface area contributed by atoms with Gasteiger partial charge in [0.05, 0.1) is 12.2 Å². The minimum absolute atomic E-state index is 0.0826. The van der Waals surface area contributed by atoms with Crippen molar-refractivity contribution in [2.24, 2.45) is 0 Å². The van der Waals surface area contributed by atoms with Crippen LogP contribution in [-0.2, 0) is 16.8 Å². The lowest BCUT2D eigenvalue weighted by Gasteiger charge is -2.36. The summed E-state index contributed by atoms with van der Waals surface area (Å²) in [5.74, 6) is -0.355. The number of hydrogen-bond donors (Lipinski definition) is 2. The normalized spacial score (nSPS) is 12.6. The zero-order valence-corrected chi connectivity index (χ0v) is 20.0. The molecule has 0 radical (unpaired) electrons. The van der Waals surface area contributed by atoms with Crippen molar-refractivity contribution in [2.45, 2.75) is 18.4 Å². The number of carboxylic acids is 1. The number of carbonyl (C=O) groups is 1. The predicted molar refractivity (Wildman–Crippen MR) is 139 cm³/mol. The van der Waals surface area contributed by atoms with Crippen LogP contribution in [0, 0.1) is 0 Å². The SMILES string of the molecule is O=C(O)c1ccc(C(OCCCc2ccccc2)(c2ccccc2)c2cccc(OCCO)c2)cc1. The summed E-state index contributed by atoms with van der Waals surface area (Å²) >= 11 is 0. The Bertz CT molecular complexity index is 1240. The molecular weight excluding hydrogens is 452 g/mol. The number of rotatable bonds is 12. The number of benzene rings is 4. The van der Waals surface area contributed by atoms with Gasteiger partial charge in [-0.3, -0.25) is 0 Å². The van der Waals surface area contributed by atoms with E-state index in [2.05, 4.69) is 12.1 Å². The molecule has 0 aromatic heterocycles. The van der Waals surface area contributed by atoms with E-state index in [-0.39, 0.29) is 18.8 Å². The number of carboxylic acid groups (broad SMARTS) is 1. The van der Waals surface area contributed by atoms with Crippen molar-refractivity contribution >= 4 is 5.97 Å². The predicted octanol–water partition coefficient (Wildman–Crippen LogP) is 5.70. The number of aryl methyl sites for hydroxylation is 1. The quantitative estimate of drug-likeness (QED) is 0.200. The number of hydrogen-bond acceptors (Lipinski definition) is 4. The summed E-state index contributed by atoms with van der Waals surface area (Å²) in [5, 5.41) is 18.7. The Balaban J connectivity index is 1.77. The van der Waals surface area contributed by atoms with Gasteiger partial charge in [0, 0.05) is 6.61 Å². The van der Waals surface area contributed by atoms with Crippen molar-refractivity contribution in [3.63, 3.8) is 0 Å². The van der Waals surface area contributed by atoms with Gasteiger partial charge in [0.1, 0.15) is 18.0 Å². The molecular formula is C31H30O5. The molecule has 2 N–H and O–H groups in total. The van der Waals surface area contributed by atoms with Crippen LogP contribution in [0.2, 0.25) is 0 Å². The van der Waals surface area contributed by atoms with Crippen LogP contribution in [0.25, 0.3) is 0 Å². The van der Waals surface area contributed by atoms with Crippen LogP contribution in [0.3, 0.4) is 0 Å². The van der Waals surface area contributed by atoms with Crippen LogP contribution in [0.4, 0.5) is 0 Å². The Hall–Kier alpha value is -3.93. The van der Waals surface area contributed by atoms with Gasteiger partial charge in [-0.25, -0.2) is 4.79 Å². The highest BCUT2D eigenvalue weighted by molar-refractivity contribution is 5.87. The Labute approximate surface area is 211 Å². The smallest absolute Gasteiger partial charge is 0.335 e. The van der Waals surface area contributed by atoms with Crippen molar-refractivity contribution in [3.05, 3.63) is 137 Å². The molecule has 1 unspecified atom stereocenters. The van der Waals surface area contributed by atoms with Crippen LogP contribution in [0.1, 0.15) is 39.0 Å². The molecule has 0 fully saturated rings. The van der Waals surface area contributed by atoms with Gasteiger partial charge in [0.15, 0.2) is 0 Å². The lowest BCUT2D eigenvalue weighted by molar-refractivity contribution is 0.0114. The van der Waals surface area contributed by atoms with Gasteiger partial charge < -0.3 is 19.7 Å². The van der Waals surface area contributed by atoms with Gasteiger partial charge in [-0.2, -0.15) is 0 Å². The number of ether oxygens (including phenoxy) is 2. The first kappa shape index (κ1) is 25.2. The third kappa shape index (κ3) is 5.82. The number of aliphatic hydroxyl groups is 1. The maximum Gasteiger partial charge on any atom is 0.335 e. The van der Waals surface area contributed by atoms with Crippen LogP contribution >= 0.6 is 0 Å². The monoisotopic (exact) mass is 482 g/mol. The van der Waals surface area contributed by atoms with E-state index in [1.165, 1.54) is 5.56 Å². The molecule has 0 heterocycles. The highest BCUT2D eigenvalue weighted by atomic mass is 16.5. The minimum atomic E-state index is -0.992. The lowest BCUT2D eigenvalue weighted by Crippen LogP contribution is -2.33. The zero-order valence-electron chi connectivity index (χ0n) is 20.0. The summed E-state index contributed by atoms with van der Waals surface area (Å²) in [6.45, 7) is 0.583. The summed E-state index contributed by atoms with van der Waals surface area (Å²) in [7, 11) is 0. The van der Waals surface area contributed by atoms with E-state index in [1.54, 1.807) is 12.1 Å². The first-order valence-electron chi connectivity index (χ1n) is 12.0. The average Bonchev–Trinajstić information content (AvgIpc) is 2.93. The van der Waals surface area contributed by atoms with Gasteiger partial charge in [-0.15, -0.1) is 0 Å². The summed E-state index contributed by atoms with van der Waals surface area (Å²) < 4.78 is 12.5. The second-order valence-corrected chi connectivity index (χ2v) is 8.47. The van der Waals surface area contributed by atoms with Gasteiger partial charge in [-0.05, 0) is 59.4 Å². The molecule has 0 aliphatic heterocycles. The van der Waals surface area contributed by atoms with Crippen LogP contribution in [-0.4, -0.2) is 36.0 Å². The van der Waals surface area contributed by atoms with E-state index in [0.29, 0.717) is 12.4 Å². The molecule has 0 saturated carbocycles. The molecule has 36 heavy (non-hydrogen) atoms. The van der Waals surface area contributed by atoms with Crippen molar-refractivity contribution in [2.75, 3.05) is 19.8 Å². The first-order valence-corrected chi connectivity index (χ1v) is 12.0. The third-order valence-electron chi connectivity index (χ3n) is 6.09.